The topological polar surface area (TPSA) is 21.3 Å². The molecule has 3 aromatic rings. The van der Waals surface area contributed by atoms with E-state index in [4.69, 9.17) is 4.74 Å². The number of benzene rings is 3. The van der Waals surface area contributed by atoms with Gasteiger partial charge in [0.1, 0.15) is 18.2 Å². The van der Waals surface area contributed by atoms with E-state index in [-0.39, 0.29) is 12.4 Å². The summed E-state index contributed by atoms with van der Waals surface area (Å²) in [7, 11) is 0. The Hall–Kier alpha value is -1.85. The van der Waals surface area contributed by atoms with E-state index in [9.17, 15) is 4.39 Å². The predicted molar refractivity (Wildman–Crippen MR) is 111 cm³/mol. The Bertz CT molecular complexity index is 891. The molecule has 0 aliphatic heterocycles. The highest BCUT2D eigenvalue weighted by Crippen LogP contribution is 2.35. The van der Waals surface area contributed by atoms with Crippen molar-refractivity contribution in [1.82, 2.24) is 0 Å². The first-order valence-electron chi connectivity index (χ1n) is 8.18. The van der Waals surface area contributed by atoms with Gasteiger partial charge in [-0.3, -0.25) is 0 Å². The summed E-state index contributed by atoms with van der Waals surface area (Å²) in [5.41, 5.74) is 3.94. The zero-order valence-electron chi connectivity index (χ0n) is 14.2. The maximum Gasteiger partial charge on any atom is 0.148 e. The van der Waals surface area contributed by atoms with E-state index < -0.39 is 0 Å². The highest BCUT2D eigenvalue weighted by atomic mass is 79.9. The van der Waals surface area contributed by atoms with Crippen LogP contribution < -0.4 is 10.1 Å². The quantitative estimate of drug-likeness (QED) is 0.418. The molecule has 0 heterocycles. The number of anilines is 1. The molecule has 1 N–H and O–H groups in total. The van der Waals surface area contributed by atoms with Gasteiger partial charge in [0.25, 0.3) is 0 Å². The highest BCUT2D eigenvalue weighted by Gasteiger charge is 2.11. The molecule has 0 unspecified atom stereocenters. The minimum atomic E-state index is -0.265. The summed E-state index contributed by atoms with van der Waals surface area (Å²) in [6, 6.07) is 18.8. The van der Waals surface area contributed by atoms with Crippen molar-refractivity contribution in [2.75, 3.05) is 5.32 Å². The fourth-order valence-electron chi connectivity index (χ4n) is 2.59. The lowest BCUT2D eigenvalue weighted by atomic mass is 10.1. The second-order valence-corrected chi connectivity index (χ2v) is 7.65. The van der Waals surface area contributed by atoms with E-state index in [2.05, 4.69) is 56.2 Å². The number of aryl methyl sites for hydroxylation is 1. The van der Waals surface area contributed by atoms with Gasteiger partial charge in [0.15, 0.2) is 0 Å². The number of hydrogen-bond donors (Lipinski definition) is 1. The highest BCUT2D eigenvalue weighted by molar-refractivity contribution is 9.11. The average Bonchev–Trinajstić information content (AvgIpc) is 2.62. The molecule has 3 rings (SSSR count). The van der Waals surface area contributed by atoms with E-state index >= 15 is 0 Å². The molecule has 0 spiro atoms. The summed E-state index contributed by atoms with van der Waals surface area (Å²) in [5, 5.41) is 3.44. The van der Waals surface area contributed by atoms with Crippen molar-refractivity contribution in [1.29, 1.82) is 0 Å². The van der Waals surface area contributed by atoms with Crippen LogP contribution in [0.4, 0.5) is 10.1 Å². The molecule has 0 aliphatic rings. The third-order valence-corrected chi connectivity index (χ3v) is 5.19. The van der Waals surface area contributed by atoms with Crippen LogP contribution in [-0.2, 0) is 13.2 Å². The number of hydrogen-bond acceptors (Lipinski definition) is 2. The van der Waals surface area contributed by atoms with Crippen LogP contribution in [0.1, 0.15) is 16.7 Å². The van der Waals surface area contributed by atoms with Crippen LogP contribution in [0.25, 0.3) is 0 Å². The lowest BCUT2D eigenvalue weighted by Gasteiger charge is -2.14. The van der Waals surface area contributed by atoms with Crippen molar-refractivity contribution in [3.05, 3.63) is 92.1 Å². The predicted octanol–water partition coefficient (Wildman–Crippen LogP) is 6.85. The Labute approximate surface area is 169 Å². The Morgan fingerprint density at radius 2 is 1.62 bits per heavy atom. The Balaban J connectivity index is 1.70. The number of ether oxygens (including phenoxy) is 1. The molecule has 0 atom stereocenters. The third kappa shape index (κ3) is 4.65. The fraction of sp³-hybridized carbons (Fsp3) is 0.143. The van der Waals surface area contributed by atoms with Gasteiger partial charge in [0.05, 0.1) is 8.95 Å². The minimum absolute atomic E-state index is 0.171. The van der Waals surface area contributed by atoms with Crippen LogP contribution in [0.5, 0.6) is 5.75 Å². The molecule has 2 nitrogen and oxygen atoms in total. The first-order chi connectivity index (χ1) is 12.5. The zero-order valence-corrected chi connectivity index (χ0v) is 17.4. The molecule has 0 bridgehead atoms. The van der Waals surface area contributed by atoms with Gasteiger partial charge in [-0.05, 0) is 74.2 Å². The molecule has 0 fully saturated rings. The second-order valence-electron chi connectivity index (χ2n) is 5.94. The summed E-state index contributed by atoms with van der Waals surface area (Å²) in [6.45, 7) is 2.94. The summed E-state index contributed by atoms with van der Waals surface area (Å²) >= 11 is 7.11. The van der Waals surface area contributed by atoms with E-state index in [1.807, 2.05) is 24.3 Å². The molecule has 0 aliphatic carbocycles. The summed E-state index contributed by atoms with van der Waals surface area (Å²) in [4.78, 5) is 0. The van der Waals surface area contributed by atoms with Crippen molar-refractivity contribution < 1.29 is 9.13 Å². The standard InChI is InChI=1S/C21H18Br2FNO/c1-14-6-2-5-9-20(14)25-12-15-10-17(22)21(18(23)11-15)26-13-16-7-3-4-8-19(16)24/h2-11,25H,12-13H2,1H3. The Morgan fingerprint density at radius 3 is 2.31 bits per heavy atom. The smallest absolute Gasteiger partial charge is 0.148 e. The van der Waals surface area contributed by atoms with E-state index in [0.717, 1.165) is 20.2 Å². The summed E-state index contributed by atoms with van der Waals surface area (Å²) in [5.74, 6) is 0.395. The first kappa shape index (κ1) is 18.9. The van der Waals surface area contributed by atoms with Gasteiger partial charge in [-0.1, -0.05) is 36.4 Å². The summed E-state index contributed by atoms with van der Waals surface area (Å²) < 4.78 is 21.2. The maximum atomic E-state index is 13.7. The molecular weight excluding hydrogens is 461 g/mol. The molecule has 0 saturated carbocycles. The largest absolute Gasteiger partial charge is 0.486 e. The van der Waals surface area contributed by atoms with Gasteiger partial charge in [0, 0.05) is 17.8 Å². The summed E-state index contributed by atoms with van der Waals surface area (Å²) in [6.07, 6.45) is 0. The molecule has 5 heteroatoms. The molecule has 134 valence electrons. The van der Waals surface area contributed by atoms with Crippen LogP contribution in [0, 0.1) is 12.7 Å². The van der Waals surface area contributed by atoms with Crippen LogP contribution in [0.3, 0.4) is 0 Å². The van der Waals surface area contributed by atoms with E-state index in [0.29, 0.717) is 17.9 Å². The Morgan fingerprint density at radius 1 is 0.962 bits per heavy atom. The molecule has 0 aromatic heterocycles. The van der Waals surface area contributed by atoms with Crippen molar-refractivity contribution in [3.8, 4) is 5.75 Å². The lowest BCUT2D eigenvalue weighted by molar-refractivity contribution is 0.296. The number of halogens is 3. The van der Waals surface area contributed by atoms with E-state index in [1.165, 1.54) is 11.6 Å². The van der Waals surface area contributed by atoms with Crippen molar-refractivity contribution >= 4 is 37.5 Å². The molecule has 0 saturated heterocycles. The Kier molecular flexibility index (Phi) is 6.33. The monoisotopic (exact) mass is 477 g/mol. The van der Waals surface area contributed by atoms with Crippen molar-refractivity contribution in [3.63, 3.8) is 0 Å². The number of nitrogens with one attached hydrogen (secondary N) is 1. The molecule has 26 heavy (non-hydrogen) atoms. The van der Waals surface area contributed by atoms with Gasteiger partial charge in [-0.2, -0.15) is 0 Å². The van der Waals surface area contributed by atoms with Gasteiger partial charge >= 0.3 is 0 Å². The second kappa shape index (κ2) is 8.69. The molecule has 0 radical (unpaired) electrons. The maximum absolute atomic E-state index is 13.7. The van der Waals surface area contributed by atoms with Gasteiger partial charge in [0.2, 0.25) is 0 Å². The fourth-order valence-corrected chi connectivity index (χ4v) is 4.10. The SMILES string of the molecule is Cc1ccccc1NCc1cc(Br)c(OCc2ccccc2F)c(Br)c1. The first-order valence-corrected chi connectivity index (χ1v) is 9.77. The molecular formula is C21H18Br2FNO. The van der Waals surface area contributed by atoms with Crippen LogP contribution in [-0.4, -0.2) is 0 Å². The normalized spacial score (nSPS) is 10.6. The van der Waals surface area contributed by atoms with Gasteiger partial charge in [-0.15, -0.1) is 0 Å². The number of rotatable bonds is 6. The number of para-hydroxylation sites is 1. The van der Waals surface area contributed by atoms with E-state index in [1.54, 1.807) is 18.2 Å². The van der Waals surface area contributed by atoms with Crippen molar-refractivity contribution in [2.24, 2.45) is 0 Å². The zero-order chi connectivity index (χ0) is 18.5. The van der Waals surface area contributed by atoms with Gasteiger partial charge < -0.3 is 10.1 Å². The van der Waals surface area contributed by atoms with Crippen LogP contribution >= 0.6 is 31.9 Å². The average molecular weight is 479 g/mol. The van der Waals surface area contributed by atoms with Crippen LogP contribution in [0.2, 0.25) is 0 Å². The minimum Gasteiger partial charge on any atom is -0.486 e. The molecule has 0 amide bonds. The van der Waals surface area contributed by atoms with Crippen LogP contribution in [0.15, 0.2) is 69.6 Å². The third-order valence-electron chi connectivity index (χ3n) is 4.02. The molecule has 3 aromatic carbocycles. The van der Waals surface area contributed by atoms with Gasteiger partial charge in [-0.25, -0.2) is 4.39 Å². The lowest BCUT2D eigenvalue weighted by Crippen LogP contribution is -2.03. The van der Waals surface area contributed by atoms with Crippen molar-refractivity contribution in [2.45, 2.75) is 20.1 Å².